The van der Waals surface area contributed by atoms with Crippen LogP contribution in [0, 0.1) is 11.3 Å². The van der Waals surface area contributed by atoms with Crippen LogP contribution in [0.4, 0.5) is 4.79 Å². The molecule has 0 spiro atoms. The van der Waals surface area contributed by atoms with Crippen molar-refractivity contribution in [2.45, 2.75) is 45.1 Å². The molecule has 2 aromatic rings. The van der Waals surface area contributed by atoms with Crippen LogP contribution in [0.1, 0.15) is 49.4 Å². The van der Waals surface area contributed by atoms with Gasteiger partial charge in [-0.2, -0.15) is 5.26 Å². The van der Waals surface area contributed by atoms with Crippen molar-refractivity contribution in [3.05, 3.63) is 35.0 Å². The molecule has 2 atom stereocenters. The maximum absolute atomic E-state index is 12.7. The van der Waals surface area contributed by atoms with Crippen LogP contribution in [0.5, 0.6) is 0 Å². The van der Waals surface area contributed by atoms with Crippen molar-refractivity contribution >= 4 is 16.9 Å². The van der Waals surface area contributed by atoms with Crippen LogP contribution < -0.4 is 5.43 Å². The molecule has 2 amide bonds. The first kappa shape index (κ1) is 17.9. The summed E-state index contributed by atoms with van der Waals surface area (Å²) in [4.78, 5) is 16.8. The van der Waals surface area contributed by atoms with E-state index in [1.807, 2.05) is 19.9 Å². The highest BCUT2D eigenvalue weighted by molar-refractivity contribution is 5.94. The molecule has 6 heteroatoms. The molecule has 0 bridgehead atoms. The first-order chi connectivity index (χ1) is 13.1. The van der Waals surface area contributed by atoms with Crippen molar-refractivity contribution in [1.82, 2.24) is 14.5 Å². The number of carbonyl (C=O) groups is 1. The minimum atomic E-state index is -0.167. The quantitative estimate of drug-likeness (QED) is 0.908. The van der Waals surface area contributed by atoms with Gasteiger partial charge in [0.25, 0.3) is 0 Å². The molecular formula is C21H27N5O. The van der Waals surface area contributed by atoms with E-state index in [1.165, 1.54) is 23.8 Å². The van der Waals surface area contributed by atoms with Crippen LogP contribution >= 0.6 is 0 Å². The third-order valence-electron chi connectivity index (χ3n) is 6.36. The highest BCUT2D eigenvalue weighted by Crippen LogP contribution is 2.44. The van der Waals surface area contributed by atoms with Gasteiger partial charge in [0.15, 0.2) is 0 Å². The van der Waals surface area contributed by atoms with Gasteiger partial charge in [-0.1, -0.05) is 12.1 Å². The lowest BCUT2D eigenvalue weighted by Crippen LogP contribution is -2.44. The first-order valence-corrected chi connectivity index (χ1v) is 9.93. The third-order valence-corrected chi connectivity index (χ3v) is 6.36. The monoisotopic (exact) mass is 365 g/mol. The van der Waals surface area contributed by atoms with Gasteiger partial charge >= 0.3 is 6.03 Å². The number of hydrogen-bond acceptors (Lipinski definition) is 3. The molecule has 6 nitrogen and oxygen atoms in total. The number of carbonyl (C=O) groups excluding carboxylic acids is 1. The number of nitrogens with zero attached hydrogens (tertiary/aromatic N) is 4. The summed E-state index contributed by atoms with van der Waals surface area (Å²) >= 11 is 0. The number of urea groups is 1. The Hall–Kier alpha value is -2.52. The number of benzene rings is 1. The minimum Gasteiger partial charge on any atom is -0.324 e. The minimum absolute atomic E-state index is 0.167. The average Bonchev–Trinajstić information content (AvgIpc) is 2.98. The van der Waals surface area contributed by atoms with Gasteiger partial charge in [0.2, 0.25) is 0 Å². The number of likely N-dealkylation sites (N-methyl/N-ethyl adjacent to an activating group) is 1. The number of aromatic nitrogens is 1. The summed E-state index contributed by atoms with van der Waals surface area (Å²) in [6.45, 7) is 6.29. The molecule has 1 aromatic carbocycles. The fraction of sp³-hybridized carbons (Fsp3) is 0.524. The van der Waals surface area contributed by atoms with E-state index in [0.29, 0.717) is 30.7 Å². The van der Waals surface area contributed by atoms with E-state index < -0.39 is 0 Å². The predicted molar refractivity (Wildman–Crippen MR) is 106 cm³/mol. The largest absolute Gasteiger partial charge is 0.336 e. The Morgan fingerprint density at radius 2 is 2.15 bits per heavy atom. The maximum Gasteiger partial charge on any atom is 0.336 e. The third kappa shape index (κ3) is 2.69. The van der Waals surface area contributed by atoms with Crippen molar-refractivity contribution < 1.29 is 4.79 Å². The molecule has 142 valence electrons. The van der Waals surface area contributed by atoms with E-state index in [-0.39, 0.29) is 6.03 Å². The second-order valence-corrected chi connectivity index (χ2v) is 7.61. The van der Waals surface area contributed by atoms with Gasteiger partial charge < -0.3 is 9.80 Å². The van der Waals surface area contributed by atoms with E-state index in [1.54, 1.807) is 9.58 Å². The zero-order chi connectivity index (χ0) is 19.1. The van der Waals surface area contributed by atoms with Crippen LogP contribution in [-0.2, 0) is 6.42 Å². The van der Waals surface area contributed by atoms with Crippen molar-refractivity contribution in [1.29, 1.82) is 5.26 Å². The Labute approximate surface area is 160 Å². The van der Waals surface area contributed by atoms with Crippen molar-refractivity contribution in [2.24, 2.45) is 0 Å². The molecule has 2 aliphatic rings. The highest BCUT2D eigenvalue weighted by atomic mass is 16.2. The number of nitrogens with one attached hydrogen (secondary N) is 1. The van der Waals surface area contributed by atoms with Crippen molar-refractivity contribution in [2.75, 3.05) is 32.1 Å². The van der Waals surface area contributed by atoms with Gasteiger partial charge in [-0.3, -0.25) is 0 Å². The lowest BCUT2D eigenvalue weighted by molar-refractivity contribution is 0.157. The topological polar surface area (TPSA) is 64.3 Å². The standard InChI is InChI=1S/C21H27N5O/c1-4-25(5-2)21(27)23-26-17-10-6-8-15-14-9-7-11-24(3)18(14)12-16(20(15)17)19(26)13-22/h6,8,10,14,18H,4-5,7,9,11-12H2,1-3H3,(H,23,27)/t14-,18-/m1/s1. The Morgan fingerprint density at radius 3 is 2.85 bits per heavy atom. The van der Waals surface area contributed by atoms with Gasteiger partial charge in [-0.05, 0) is 63.9 Å². The summed E-state index contributed by atoms with van der Waals surface area (Å²) in [5, 5.41) is 11.1. The summed E-state index contributed by atoms with van der Waals surface area (Å²) in [6.07, 6.45) is 3.26. The molecule has 1 aliphatic heterocycles. The molecular weight excluding hydrogens is 338 g/mol. The highest BCUT2D eigenvalue weighted by Gasteiger charge is 2.38. The normalized spacial score (nSPS) is 21.6. The molecule has 27 heavy (non-hydrogen) atoms. The van der Waals surface area contributed by atoms with Crippen LogP contribution in [0.25, 0.3) is 10.9 Å². The molecule has 4 rings (SSSR count). The molecule has 0 radical (unpaired) electrons. The molecule has 0 unspecified atom stereocenters. The van der Waals surface area contributed by atoms with E-state index in [4.69, 9.17) is 0 Å². The Bertz CT molecular complexity index is 921. The summed E-state index contributed by atoms with van der Waals surface area (Å²) in [6, 6.07) is 8.90. The van der Waals surface area contributed by atoms with E-state index in [0.717, 1.165) is 24.0 Å². The maximum atomic E-state index is 12.7. The number of fused-ring (bicyclic) bond motifs is 2. The van der Waals surface area contributed by atoms with Crippen LogP contribution in [0.3, 0.4) is 0 Å². The lowest BCUT2D eigenvalue weighted by atomic mass is 9.75. The number of rotatable bonds is 3. The smallest absolute Gasteiger partial charge is 0.324 e. The van der Waals surface area contributed by atoms with Crippen LogP contribution in [-0.4, -0.2) is 53.2 Å². The Balaban J connectivity index is 1.86. The number of nitriles is 1. The van der Waals surface area contributed by atoms with Gasteiger partial charge in [-0.25, -0.2) is 14.9 Å². The van der Waals surface area contributed by atoms with Gasteiger partial charge in [0.05, 0.1) is 5.52 Å². The fourth-order valence-corrected chi connectivity index (χ4v) is 4.96. The molecule has 1 N–H and O–H groups in total. The lowest BCUT2D eigenvalue weighted by Gasteiger charge is -2.42. The second kappa shape index (κ2) is 6.90. The summed E-state index contributed by atoms with van der Waals surface area (Å²) < 4.78 is 1.71. The van der Waals surface area contributed by atoms with Crippen molar-refractivity contribution in [3.8, 4) is 6.07 Å². The van der Waals surface area contributed by atoms with Crippen molar-refractivity contribution in [3.63, 3.8) is 0 Å². The molecule has 0 saturated carbocycles. The number of hydrogen-bond donors (Lipinski definition) is 1. The molecule has 1 aliphatic carbocycles. The predicted octanol–water partition coefficient (Wildman–Crippen LogP) is 3.25. The summed E-state index contributed by atoms with van der Waals surface area (Å²) in [5.74, 6) is 0.501. The van der Waals surface area contributed by atoms with Gasteiger partial charge in [0, 0.05) is 30.4 Å². The van der Waals surface area contributed by atoms with Gasteiger partial charge in [-0.15, -0.1) is 0 Å². The summed E-state index contributed by atoms with van der Waals surface area (Å²) in [7, 11) is 2.19. The SMILES string of the molecule is CCN(CC)C(=O)Nn1c(C#N)c2c3c(cccc31)[C@H]1CCCN(C)[C@@H]1C2. The second-order valence-electron chi connectivity index (χ2n) is 7.61. The Morgan fingerprint density at radius 1 is 1.37 bits per heavy atom. The first-order valence-electron chi connectivity index (χ1n) is 9.93. The molecule has 1 saturated heterocycles. The molecule has 2 heterocycles. The zero-order valence-corrected chi connectivity index (χ0v) is 16.3. The van der Waals surface area contributed by atoms with E-state index in [9.17, 15) is 10.1 Å². The van der Waals surface area contributed by atoms with E-state index >= 15 is 0 Å². The Kier molecular flexibility index (Phi) is 4.56. The number of likely N-dealkylation sites (tertiary alicyclic amines) is 1. The van der Waals surface area contributed by atoms with Gasteiger partial charge in [0.1, 0.15) is 11.8 Å². The fourth-order valence-electron chi connectivity index (χ4n) is 4.96. The number of amides is 2. The average molecular weight is 365 g/mol. The van der Waals surface area contributed by atoms with Crippen LogP contribution in [0.15, 0.2) is 18.2 Å². The van der Waals surface area contributed by atoms with E-state index in [2.05, 4.69) is 35.6 Å². The molecule has 1 fully saturated rings. The number of piperidine rings is 1. The zero-order valence-electron chi connectivity index (χ0n) is 16.3. The molecule has 1 aromatic heterocycles. The van der Waals surface area contributed by atoms with Crippen LogP contribution in [0.2, 0.25) is 0 Å². The summed E-state index contributed by atoms with van der Waals surface area (Å²) in [5.41, 5.74) is 6.89.